The maximum absolute atomic E-state index is 6.00. The van der Waals surface area contributed by atoms with Crippen LogP contribution in [0.4, 0.5) is 17.3 Å². The number of nitrogens with one attached hydrogen (secondary N) is 1. The lowest BCUT2D eigenvalue weighted by Gasteiger charge is -2.12. The average Bonchev–Trinajstić information content (AvgIpc) is 3.29. The van der Waals surface area contributed by atoms with E-state index in [0.717, 1.165) is 29.3 Å². The van der Waals surface area contributed by atoms with Gasteiger partial charge in [0.2, 0.25) is 0 Å². The Kier molecular flexibility index (Phi) is 3.30. The summed E-state index contributed by atoms with van der Waals surface area (Å²) in [5.74, 6) is 2.78. The molecule has 0 radical (unpaired) electrons. The summed E-state index contributed by atoms with van der Waals surface area (Å²) < 4.78 is 0. The number of anilines is 3. The van der Waals surface area contributed by atoms with E-state index >= 15 is 0 Å². The Balaban J connectivity index is 1.88. The molecule has 3 rings (SSSR count). The van der Waals surface area contributed by atoms with Crippen molar-refractivity contribution in [2.75, 3.05) is 11.1 Å². The molecule has 4 heteroatoms. The highest BCUT2D eigenvalue weighted by Crippen LogP contribution is 2.39. The van der Waals surface area contributed by atoms with Crippen molar-refractivity contribution in [2.24, 2.45) is 0 Å². The predicted octanol–water partition coefficient (Wildman–Crippen LogP) is 3.55. The fraction of sp³-hybridized carbons (Fsp3) is 0.375. The van der Waals surface area contributed by atoms with E-state index < -0.39 is 0 Å². The van der Waals surface area contributed by atoms with Crippen molar-refractivity contribution in [2.45, 2.75) is 39.0 Å². The van der Waals surface area contributed by atoms with Crippen LogP contribution < -0.4 is 11.1 Å². The number of nitrogen functional groups attached to an aromatic ring is 1. The van der Waals surface area contributed by atoms with Crippen LogP contribution in [0.1, 0.15) is 42.6 Å². The van der Waals surface area contributed by atoms with Crippen LogP contribution in [0.15, 0.2) is 24.3 Å². The zero-order valence-corrected chi connectivity index (χ0v) is 12.0. The van der Waals surface area contributed by atoms with Gasteiger partial charge in [0.05, 0.1) is 0 Å². The minimum atomic E-state index is 0.501. The molecule has 1 aromatic heterocycles. The molecule has 2 aromatic rings. The number of nitrogens with zero attached hydrogens (tertiary/aromatic N) is 2. The van der Waals surface area contributed by atoms with E-state index in [2.05, 4.69) is 46.5 Å². The fourth-order valence-corrected chi connectivity index (χ4v) is 2.16. The largest absolute Gasteiger partial charge is 0.383 e. The summed E-state index contributed by atoms with van der Waals surface area (Å²) in [6.45, 7) is 4.11. The Morgan fingerprint density at radius 2 is 1.90 bits per heavy atom. The first kappa shape index (κ1) is 12.9. The Bertz CT molecular complexity index is 615. The van der Waals surface area contributed by atoms with Crippen molar-refractivity contribution >= 4 is 17.3 Å². The zero-order valence-electron chi connectivity index (χ0n) is 12.0. The third kappa shape index (κ3) is 2.59. The van der Waals surface area contributed by atoms with Gasteiger partial charge in [0, 0.05) is 17.2 Å². The molecule has 0 unspecified atom stereocenters. The molecule has 0 atom stereocenters. The van der Waals surface area contributed by atoms with Gasteiger partial charge < -0.3 is 11.1 Å². The molecule has 4 nitrogen and oxygen atoms in total. The number of aromatic nitrogens is 2. The van der Waals surface area contributed by atoms with Crippen molar-refractivity contribution < 1.29 is 0 Å². The highest BCUT2D eigenvalue weighted by molar-refractivity contribution is 5.64. The second kappa shape index (κ2) is 5.12. The van der Waals surface area contributed by atoms with Gasteiger partial charge in [-0.15, -0.1) is 0 Å². The summed E-state index contributed by atoms with van der Waals surface area (Å²) in [6, 6.07) is 8.41. The third-order valence-corrected chi connectivity index (χ3v) is 3.77. The monoisotopic (exact) mass is 268 g/mol. The van der Waals surface area contributed by atoms with Gasteiger partial charge in [0.15, 0.2) is 0 Å². The molecule has 20 heavy (non-hydrogen) atoms. The summed E-state index contributed by atoms with van der Waals surface area (Å²) in [5.41, 5.74) is 9.27. The summed E-state index contributed by atoms with van der Waals surface area (Å²) in [6.07, 6.45) is 3.39. The van der Waals surface area contributed by atoms with Crippen molar-refractivity contribution in [3.63, 3.8) is 0 Å². The van der Waals surface area contributed by atoms with E-state index in [4.69, 9.17) is 5.73 Å². The van der Waals surface area contributed by atoms with Crippen molar-refractivity contribution in [1.82, 2.24) is 9.97 Å². The van der Waals surface area contributed by atoms with Gasteiger partial charge in [-0.1, -0.05) is 19.1 Å². The quantitative estimate of drug-likeness (QED) is 0.890. The van der Waals surface area contributed by atoms with Gasteiger partial charge in [0.25, 0.3) is 0 Å². The SMILES string of the molecule is CCc1ccc(Nc2nc(C3CC3)nc(N)c2C)cc1. The molecule has 0 spiro atoms. The van der Waals surface area contributed by atoms with Crippen LogP contribution in [-0.2, 0) is 6.42 Å². The number of hydrogen-bond acceptors (Lipinski definition) is 4. The second-order valence-electron chi connectivity index (χ2n) is 5.39. The van der Waals surface area contributed by atoms with Crippen molar-refractivity contribution in [3.8, 4) is 0 Å². The average molecular weight is 268 g/mol. The van der Waals surface area contributed by atoms with Crippen LogP contribution in [-0.4, -0.2) is 9.97 Å². The predicted molar refractivity (Wildman–Crippen MR) is 82.3 cm³/mol. The Labute approximate surface area is 119 Å². The van der Waals surface area contributed by atoms with Gasteiger partial charge in [-0.25, -0.2) is 9.97 Å². The molecule has 3 N–H and O–H groups in total. The van der Waals surface area contributed by atoms with E-state index in [1.54, 1.807) is 0 Å². The Morgan fingerprint density at radius 3 is 2.50 bits per heavy atom. The van der Waals surface area contributed by atoms with Crippen LogP contribution >= 0.6 is 0 Å². The Hall–Kier alpha value is -2.10. The molecular weight excluding hydrogens is 248 g/mol. The molecule has 1 saturated carbocycles. The number of benzene rings is 1. The molecule has 0 amide bonds. The fourth-order valence-electron chi connectivity index (χ4n) is 2.16. The highest BCUT2D eigenvalue weighted by Gasteiger charge is 2.27. The van der Waals surface area contributed by atoms with E-state index in [9.17, 15) is 0 Å². The Morgan fingerprint density at radius 1 is 1.20 bits per heavy atom. The lowest BCUT2D eigenvalue weighted by atomic mass is 10.1. The molecule has 0 aliphatic heterocycles. The molecule has 1 aliphatic carbocycles. The van der Waals surface area contributed by atoms with Gasteiger partial charge in [-0.3, -0.25) is 0 Å². The number of hydrogen-bond donors (Lipinski definition) is 2. The number of rotatable bonds is 4. The first-order chi connectivity index (χ1) is 9.67. The van der Waals surface area contributed by atoms with E-state index in [-0.39, 0.29) is 0 Å². The topological polar surface area (TPSA) is 63.8 Å². The van der Waals surface area contributed by atoms with Crippen LogP contribution in [0.3, 0.4) is 0 Å². The molecule has 104 valence electrons. The maximum atomic E-state index is 6.00. The lowest BCUT2D eigenvalue weighted by molar-refractivity contribution is 0.928. The standard InChI is InChI=1S/C16H20N4/c1-3-11-4-8-13(9-5-11)18-15-10(2)14(17)19-16(20-15)12-6-7-12/h4-5,8-9,12H,3,6-7H2,1-2H3,(H3,17,18,19,20). The van der Waals surface area contributed by atoms with Crippen LogP contribution in [0.5, 0.6) is 0 Å². The second-order valence-corrected chi connectivity index (χ2v) is 5.39. The van der Waals surface area contributed by atoms with Gasteiger partial charge in [-0.05, 0) is 43.9 Å². The zero-order chi connectivity index (χ0) is 14.1. The molecule has 1 aliphatic rings. The molecule has 1 heterocycles. The molecule has 1 aromatic carbocycles. The van der Waals surface area contributed by atoms with E-state index in [1.807, 2.05) is 6.92 Å². The highest BCUT2D eigenvalue weighted by atomic mass is 15.1. The van der Waals surface area contributed by atoms with Crippen molar-refractivity contribution in [3.05, 3.63) is 41.2 Å². The van der Waals surface area contributed by atoms with Crippen molar-refractivity contribution in [1.29, 1.82) is 0 Å². The van der Waals surface area contributed by atoms with Gasteiger partial charge in [0.1, 0.15) is 17.5 Å². The molecule has 0 bridgehead atoms. The maximum Gasteiger partial charge on any atom is 0.139 e. The van der Waals surface area contributed by atoms with Gasteiger partial charge in [-0.2, -0.15) is 0 Å². The summed E-state index contributed by atoms with van der Waals surface area (Å²) in [4.78, 5) is 9.02. The summed E-state index contributed by atoms with van der Waals surface area (Å²) in [7, 11) is 0. The summed E-state index contributed by atoms with van der Waals surface area (Å²) >= 11 is 0. The molecular formula is C16H20N4. The van der Waals surface area contributed by atoms with E-state index in [1.165, 1.54) is 18.4 Å². The number of aryl methyl sites for hydroxylation is 1. The lowest BCUT2D eigenvalue weighted by Crippen LogP contribution is -2.06. The van der Waals surface area contributed by atoms with E-state index in [0.29, 0.717) is 11.7 Å². The molecule has 1 fully saturated rings. The van der Waals surface area contributed by atoms with Crippen LogP contribution in [0.25, 0.3) is 0 Å². The first-order valence-corrected chi connectivity index (χ1v) is 7.17. The van der Waals surface area contributed by atoms with Crippen LogP contribution in [0, 0.1) is 6.92 Å². The van der Waals surface area contributed by atoms with Crippen LogP contribution in [0.2, 0.25) is 0 Å². The minimum Gasteiger partial charge on any atom is -0.383 e. The smallest absolute Gasteiger partial charge is 0.139 e. The normalized spacial score (nSPS) is 14.3. The third-order valence-electron chi connectivity index (χ3n) is 3.77. The number of nitrogens with two attached hydrogens (primary N) is 1. The molecule has 0 saturated heterocycles. The minimum absolute atomic E-state index is 0.501. The summed E-state index contributed by atoms with van der Waals surface area (Å²) in [5, 5.41) is 3.36. The van der Waals surface area contributed by atoms with Gasteiger partial charge >= 0.3 is 0 Å². The first-order valence-electron chi connectivity index (χ1n) is 7.17.